The molecule has 3 aromatic rings. The van der Waals surface area contributed by atoms with Crippen molar-refractivity contribution >= 4 is 17.5 Å². The average molecular weight is 362 g/mol. The first-order valence-electron chi connectivity index (χ1n) is 9.27. The molecule has 0 saturated carbocycles. The Balaban J connectivity index is 1.82. The molecule has 2 aromatic heterocycles. The van der Waals surface area contributed by atoms with Crippen LogP contribution in [-0.4, -0.2) is 20.2 Å². The summed E-state index contributed by atoms with van der Waals surface area (Å²) in [5, 5.41) is 14.9. The van der Waals surface area contributed by atoms with Crippen LogP contribution in [0.1, 0.15) is 56.2 Å². The molecule has 140 valence electrons. The Morgan fingerprint density at radius 3 is 2.22 bits per heavy atom. The molecule has 0 fully saturated rings. The lowest BCUT2D eigenvalue weighted by atomic mass is 9.92. The lowest BCUT2D eigenvalue weighted by molar-refractivity contribution is 0.837. The van der Waals surface area contributed by atoms with E-state index in [9.17, 15) is 0 Å². The van der Waals surface area contributed by atoms with Gasteiger partial charge in [-0.15, -0.1) is 5.10 Å². The molecule has 6 heteroatoms. The molecule has 3 rings (SSSR count). The topological polar surface area (TPSA) is 75.6 Å². The van der Waals surface area contributed by atoms with Gasteiger partial charge in [0.1, 0.15) is 0 Å². The van der Waals surface area contributed by atoms with E-state index in [4.69, 9.17) is 0 Å². The molecule has 0 spiro atoms. The molecule has 0 radical (unpaired) electrons. The first-order chi connectivity index (χ1) is 13.0. The first-order valence-corrected chi connectivity index (χ1v) is 9.27. The summed E-state index contributed by atoms with van der Waals surface area (Å²) < 4.78 is 0. The Kier molecular flexibility index (Phi) is 5.96. The Morgan fingerprint density at radius 1 is 0.926 bits per heavy atom. The maximum absolute atomic E-state index is 4.57. The summed E-state index contributed by atoms with van der Waals surface area (Å²) in [6.07, 6.45) is 5.19. The van der Waals surface area contributed by atoms with Gasteiger partial charge in [-0.25, -0.2) is 0 Å². The van der Waals surface area contributed by atoms with Gasteiger partial charge in [0.05, 0.1) is 6.20 Å². The summed E-state index contributed by atoms with van der Waals surface area (Å²) in [4.78, 5) is 8.60. The van der Waals surface area contributed by atoms with Gasteiger partial charge in [-0.3, -0.25) is 4.98 Å². The minimum atomic E-state index is 0.408. The van der Waals surface area contributed by atoms with E-state index in [0.717, 1.165) is 11.3 Å². The number of rotatable bonds is 7. The van der Waals surface area contributed by atoms with Crippen LogP contribution in [0.15, 0.2) is 48.9 Å². The highest BCUT2D eigenvalue weighted by Crippen LogP contribution is 2.34. The third kappa shape index (κ3) is 4.78. The zero-order valence-corrected chi connectivity index (χ0v) is 16.3. The summed E-state index contributed by atoms with van der Waals surface area (Å²) in [6, 6.07) is 10.4. The summed E-state index contributed by atoms with van der Waals surface area (Å²) in [6.45, 7) is 9.41. The second-order valence-corrected chi connectivity index (χ2v) is 7.12. The average Bonchev–Trinajstić information content (AvgIpc) is 2.67. The maximum Gasteiger partial charge on any atom is 0.244 e. The standard InChI is InChI=1S/C21H26N6/c1-14(2)17-6-5-7-18(15(3)4)20(17)25-19-13-24-27-21(26-19)23-12-16-8-10-22-11-9-16/h5-11,13-15H,12H2,1-4H3,(H2,23,25,26,27). The number of hydrogen-bond acceptors (Lipinski definition) is 6. The highest BCUT2D eigenvalue weighted by Gasteiger charge is 2.14. The van der Waals surface area contributed by atoms with Crippen molar-refractivity contribution in [3.8, 4) is 0 Å². The summed E-state index contributed by atoms with van der Waals surface area (Å²) in [7, 11) is 0. The zero-order valence-electron chi connectivity index (χ0n) is 16.3. The van der Waals surface area contributed by atoms with Crippen LogP contribution in [0.4, 0.5) is 17.5 Å². The van der Waals surface area contributed by atoms with E-state index < -0.39 is 0 Å². The smallest absolute Gasteiger partial charge is 0.244 e. The highest BCUT2D eigenvalue weighted by atomic mass is 15.3. The van der Waals surface area contributed by atoms with Crippen molar-refractivity contribution in [1.82, 2.24) is 20.2 Å². The van der Waals surface area contributed by atoms with Gasteiger partial charge in [0.2, 0.25) is 5.95 Å². The zero-order chi connectivity index (χ0) is 19.2. The minimum Gasteiger partial charge on any atom is -0.349 e. The van der Waals surface area contributed by atoms with Crippen LogP contribution >= 0.6 is 0 Å². The highest BCUT2D eigenvalue weighted by molar-refractivity contribution is 5.66. The summed E-state index contributed by atoms with van der Waals surface area (Å²) >= 11 is 0. The molecule has 2 N–H and O–H groups in total. The fraction of sp³-hybridized carbons (Fsp3) is 0.333. The number of pyridine rings is 1. The van der Waals surface area contributed by atoms with Crippen molar-refractivity contribution in [2.45, 2.75) is 46.1 Å². The van der Waals surface area contributed by atoms with Crippen molar-refractivity contribution < 1.29 is 0 Å². The van der Waals surface area contributed by atoms with Crippen LogP contribution in [0.5, 0.6) is 0 Å². The lowest BCUT2D eigenvalue weighted by Gasteiger charge is -2.20. The Bertz CT molecular complexity index is 851. The number of para-hydroxylation sites is 1. The van der Waals surface area contributed by atoms with Crippen LogP contribution in [-0.2, 0) is 6.54 Å². The Labute approximate surface area is 160 Å². The predicted molar refractivity (Wildman–Crippen MR) is 109 cm³/mol. The Morgan fingerprint density at radius 2 is 1.59 bits per heavy atom. The molecule has 0 amide bonds. The third-order valence-corrected chi connectivity index (χ3v) is 4.38. The number of nitrogens with one attached hydrogen (secondary N) is 2. The molecular weight excluding hydrogens is 336 g/mol. The van der Waals surface area contributed by atoms with Crippen LogP contribution < -0.4 is 10.6 Å². The second kappa shape index (κ2) is 8.58. The molecule has 27 heavy (non-hydrogen) atoms. The van der Waals surface area contributed by atoms with Gasteiger partial charge >= 0.3 is 0 Å². The number of anilines is 3. The number of hydrogen-bond donors (Lipinski definition) is 2. The monoisotopic (exact) mass is 362 g/mol. The molecule has 0 aliphatic carbocycles. The number of benzene rings is 1. The van der Waals surface area contributed by atoms with E-state index in [1.807, 2.05) is 12.1 Å². The largest absolute Gasteiger partial charge is 0.349 e. The van der Waals surface area contributed by atoms with Crippen molar-refractivity contribution in [3.05, 3.63) is 65.6 Å². The summed E-state index contributed by atoms with van der Waals surface area (Å²) in [5.41, 5.74) is 4.76. The maximum atomic E-state index is 4.57. The van der Waals surface area contributed by atoms with Crippen molar-refractivity contribution in [1.29, 1.82) is 0 Å². The van der Waals surface area contributed by atoms with Gasteiger partial charge in [-0.2, -0.15) is 10.1 Å². The molecule has 6 nitrogen and oxygen atoms in total. The van der Waals surface area contributed by atoms with Gasteiger partial charge in [0.25, 0.3) is 0 Å². The van der Waals surface area contributed by atoms with Gasteiger partial charge in [-0.1, -0.05) is 45.9 Å². The Hall–Kier alpha value is -3.02. The normalized spacial score (nSPS) is 11.0. The van der Waals surface area contributed by atoms with E-state index in [0.29, 0.717) is 30.1 Å². The fourth-order valence-electron chi connectivity index (χ4n) is 2.94. The number of nitrogens with zero attached hydrogens (tertiary/aromatic N) is 4. The molecule has 0 aliphatic heterocycles. The molecule has 0 aliphatic rings. The van der Waals surface area contributed by atoms with Crippen molar-refractivity contribution in [2.24, 2.45) is 0 Å². The van der Waals surface area contributed by atoms with E-state index in [-0.39, 0.29) is 0 Å². The number of aromatic nitrogens is 4. The van der Waals surface area contributed by atoms with Crippen molar-refractivity contribution in [2.75, 3.05) is 10.6 Å². The van der Waals surface area contributed by atoms with Gasteiger partial charge < -0.3 is 10.6 Å². The second-order valence-electron chi connectivity index (χ2n) is 7.12. The molecule has 1 aromatic carbocycles. The van der Waals surface area contributed by atoms with E-state index in [2.05, 4.69) is 76.7 Å². The van der Waals surface area contributed by atoms with E-state index in [1.54, 1.807) is 18.6 Å². The van der Waals surface area contributed by atoms with Gasteiger partial charge in [0, 0.05) is 24.6 Å². The first kappa shape index (κ1) is 18.8. The van der Waals surface area contributed by atoms with Crippen LogP contribution in [0.3, 0.4) is 0 Å². The molecular formula is C21H26N6. The van der Waals surface area contributed by atoms with E-state index in [1.165, 1.54) is 11.1 Å². The lowest BCUT2D eigenvalue weighted by Crippen LogP contribution is -2.08. The molecule has 2 heterocycles. The molecule has 0 atom stereocenters. The van der Waals surface area contributed by atoms with Gasteiger partial charge in [0.15, 0.2) is 5.82 Å². The van der Waals surface area contributed by atoms with Crippen LogP contribution in [0, 0.1) is 0 Å². The molecule has 0 unspecified atom stereocenters. The van der Waals surface area contributed by atoms with Crippen molar-refractivity contribution in [3.63, 3.8) is 0 Å². The molecule has 0 bridgehead atoms. The molecule has 0 saturated heterocycles. The van der Waals surface area contributed by atoms with Crippen LogP contribution in [0.2, 0.25) is 0 Å². The van der Waals surface area contributed by atoms with E-state index >= 15 is 0 Å². The van der Waals surface area contributed by atoms with Crippen LogP contribution in [0.25, 0.3) is 0 Å². The SMILES string of the molecule is CC(C)c1cccc(C(C)C)c1Nc1cnnc(NCc2ccncc2)n1. The fourth-order valence-corrected chi connectivity index (χ4v) is 2.94. The summed E-state index contributed by atoms with van der Waals surface area (Å²) in [5.74, 6) is 1.98. The third-order valence-electron chi connectivity index (χ3n) is 4.38. The predicted octanol–water partition coefficient (Wildman–Crippen LogP) is 4.87. The minimum absolute atomic E-state index is 0.408. The van der Waals surface area contributed by atoms with Gasteiger partial charge in [-0.05, 0) is 40.7 Å². The quantitative estimate of drug-likeness (QED) is 0.624.